The lowest BCUT2D eigenvalue weighted by molar-refractivity contribution is -0.119. The van der Waals surface area contributed by atoms with Crippen LogP contribution in [-0.2, 0) is 11.0 Å². The summed E-state index contributed by atoms with van der Waals surface area (Å²) >= 11 is 0. The van der Waals surface area contributed by atoms with Crippen LogP contribution in [0, 0.1) is 6.92 Å². The van der Waals surface area contributed by atoms with Gasteiger partial charge in [0.15, 0.2) is 0 Å². The maximum absolute atomic E-state index is 11.7. The van der Waals surface area contributed by atoms with E-state index in [4.69, 9.17) is 0 Å². The Hall–Kier alpha value is -1.14. The van der Waals surface area contributed by atoms with Crippen LogP contribution in [0.5, 0.6) is 0 Å². The molecule has 1 N–H and O–H groups in total. The molecular formula is C17H26NOP. The molecule has 0 bridgehead atoms. The lowest BCUT2D eigenvalue weighted by atomic mass is 10.0. The van der Waals surface area contributed by atoms with E-state index in [0.717, 1.165) is 29.4 Å². The molecule has 0 aliphatic rings. The zero-order valence-corrected chi connectivity index (χ0v) is 14.0. The van der Waals surface area contributed by atoms with Gasteiger partial charge in [-0.05, 0) is 49.5 Å². The minimum Gasteiger partial charge on any atom is -0.326 e. The van der Waals surface area contributed by atoms with Crippen LogP contribution in [-0.4, -0.2) is 18.7 Å². The van der Waals surface area contributed by atoms with Gasteiger partial charge in [-0.1, -0.05) is 32.6 Å². The molecule has 3 heteroatoms. The predicted molar refractivity (Wildman–Crippen MR) is 90.4 cm³/mol. The normalized spacial score (nSPS) is 12.0. The van der Waals surface area contributed by atoms with Crippen molar-refractivity contribution in [2.75, 3.05) is 12.8 Å². The molecule has 0 spiro atoms. The highest BCUT2D eigenvalue weighted by molar-refractivity contribution is 7.55. The van der Waals surface area contributed by atoms with E-state index in [9.17, 15) is 4.79 Å². The maximum Gasteiger partial charge on any atom is 0.224 e. The summed E-state index contributed by atoms with van der Waals surface area (Å²) in [5.74, 6) is 0.0496. The second-order valence-corrected chi connectivity index (χ2v) is 7.92. The van der Waals surface area contributed by atoms with Crippen molar-refractivity contribution in [3.63, 3.8) is 0 Å². The van der Waals surface area contributed by atoms with Gasteiger partial charge in [0.2, 0.25) is 5.91 Å². The Balaban J connectivity index is 2.85. The van der Waals surface area contributed by atoms with Crippen molar-refractivity contribution < 1.29 is 4.79 Å². The molecule has 0 aromatic heterocycles. The summed E-state index contributed by atoms with van der Waals surface area (Å²) in [6, 6.07) is 6.49. The van der Waals surface area contributed by atoms with Crippen LogP contribution >= 0.6 is 7.92 Å². The van der Waals surface area contributed by atoms with Crippen molar-refractivity contribution in [3.05, 3.63) is 41.5 Å². The fourth-order valence-electron chi connectivity index (χ4n) is 2.04. The highest BCUT2D eigenvalue weighted by atomic mass is 31.1. The fraction of sp³-hybridized carbons (Fsp3) is 0.471. The van der Waals surface area contributed by atoms with E-state index >= 15 is 0 Å². The summed E-state index contributed by atoms with van der Waals surface area (Å²) in [4.78, 5) is 11.7. The molecule has 1 atom stereocenters. The van der Waals surface area contributed by atoms with Crippen molar-refractivity contribution in [1.29, 1.82) is 0 Å². The number of hydrogen-bond acceptors (Lipinski definition) is 1. The van der Waals surface area contributed by atoms with Crippen molar-refractivity contribution >= 4 is 19.5 Å². The van der Waals surface area contributed by atoms with Crippen LogP contribution in [0.1, 0.15) is 43.4 Å². The van der Waals surface area contributed by atoms with E-state index in [0.29, 0.717) is 6.42 Å². The third-order valence-electron chi connectivity index (χ3n) is 3.39. The number of nitrogens with one attached hydrogen (secondary N) is 1. The first-order valence-electron chi connectivity index (χ1n) is 7.25. The van der Waals surface area contributed by atoms with E-state index in [1.807, 2.05) is 6.92 Å². The van der Waals surface area contributed by atoms with Gasteiger partial charge in [-0.3, -0.25) is 4.79 Å². The first kappa shape index (κ1) is 16.9. The van der Waals surface area contributed by atoms with Gasteiger partial charge in [-0.15, -0.1) is 7.92 Å². The minimum atomic E-state index is 0.0496. The largest absolute Gasteiger partial charge is 0.326 e. The Kier molecular flexibility index (Phi) is 6.95. The molecular weight excluding hydrogens is 265 g/mol. The van der Waals surface area contributed by atoms with Gasteiger partial charge in [0.25, 0.3) is 0 Å². The zero-order chi connectivity index (χ0) is 15.1. The van der Waals surface area contributed by atoms with Crippen LogP contribution in [0.4, 0.5) is 0 Å². The Morgan fingerprint density at radius 3 is 2.65 bits per heavy atom. The fourth-order valence-corrected chi connectivity index (χ4v) is 3.08. The summed E-state index contributed by atoms with van der Waals surface area (Å²) in [6.07, 6.45) is 3.78. The van der Waals surface area contributed by atoms with Crippen molar-refractivity contribution in [2.24, 2.45) is 0 Å². The number of carbonyl (C=O) groups is 1. The quantitative estimate of drug-likeness (QED) is 0.736. The molecule has 1 unspecified atom stereocenters. The molecule has 0 radical (unpaired) electrons. The van der Waals surface area contributed by atoms with E-state index in [1.54, 1.807) is 0 Å². The van der Waals surface area contributed by atoms with Gasteiger partial charge in [-0.25, -0.2) is 0 Å². The lowest BCUT2D eigenvalue weighted by Gasteiger charge is -2.15. The van der Waals surface area contributed by atoms with E-state index in [-0.39, 0.29) is 13.8 Å². The Bertz CT molecular complexity index is 482. The number of hydrogen-bond donors (Lipinski definition) is 1. The molecule has 1 rings (SSSR count). The van der Waals surface area contributed by atoms with Crippen LogP contribution in [0.3, 0.4) is 0 Å². The Morgan fingerprint density at radius 2 is 2.05 bits per heavy atom. The molecule has 2 nitrogen and oxygen atoms in total. The van der Waals surface area contributed by atoms with Crippen LogP contribution in [0.25, 0.3) is 5.70 Å². The summed E-state index contributed by atoms with van der Waals surface area (Å²) in [7, 11) is 0.0646. The maximum atomic E-state index is 11.7. The summed E-state index contributed by atoms with van der Waals surface area (Å²) in [5.41, 5.74) is 4.28. The first-order valence-corrected chi connectivity index (χ1v) is 9.41. The summed E-state index contributed by atoms with van der Waals surface area (Å²) in [6.45, 7) is 12.7. The second-order valence-electron chi connectivity index (χ2n) is 5.26. The van der Waals surface area contributed by atoms with E-state index in [2.05, 4.69) is 50.6 Å². The van der Waals surface area contributed by atoms with Crippen LogP contribution in [0.2, 0.25) is 0 Å². The van der Waals surface area contributed by atoms with E-state index < -0.39 is 0 Å². The number of benzene rings is 1. The molecule has 1 aromatic carbocycles. The molecule has 1 aromatic rings. The lowest BCUT2D eigenvalue weighted by Crippen LogP contribution is -2.21. The standard InChI is InChI=1S/C17H26NOP/c1-6-8-17(19)18-14(4)16-11-15(10-9-13(16)3)12-20(5)7-2/h9-11H,4,6-8,12H2,1-3,5H3,(H,18,19). The van der Waals surface area contributed by atoms with Gasteiger partial charge < -0.3 is 5.32 Å². The SMILES string of the molecule is C=C(NC(=O)CCC)c1cc(CP(C)CC)ccc1C. The van der Waals surface area contributed by atoms with Crippen molar-refractivity contribution in [1.82, 2.24) is 5.32 Å². The number of rotatable bonds is 7. The highest BCUT2D eigenvalue weighted by Crippen LogP contribution is 2.35. The Labute approximate surface area is 124 Å². The van der Waals surface area contributed by atoms with Crippen LogP contribution < -0.4 is 5.32 Å². The summed E-state index contributed by atoms with van der Waals surface area (Å²) in [5, 5.41) is 2.90. The molecule has 20 heavy (non-hydrogen) atoms. The first-order chi connectivity index (χ1) is 9.47. The Morgan fingerprint density at radius 1 is 1.35 bits per heavy atom. The molecule has 110 valence electrons. The van der Waals surface area contributed by atoms with Gasteiger partial charge in [0.05, 0.1) is 0 Å². The van der Waals surface area contributed by atoms with Gasteiger partial charge in [-0.2, -0.15) is 0 Å². The topological polar surface area (TPSA) is 29.1 Å². The minimum absolute atomic E-state index is 0.0496. The molecule has 0 aliphatic heterocycles. The predicted octanol–water partition coefficient (Wildman–Crippen LogP) is 4.51. The van der Waals surface area contributed by atoms with E-state index in [1.165, 1.54) is 11.7 Å². The smallest absolute Gasteiger partial charge is 0.224 e. The third-order valence-corrected chi connectivity index (χ3v) is 5.37. The molecule has 1 amide bonds. The third kappa shape index (κ3) is 5.09. The second kappa shape index (κ2) is 8.21. The van der Waals surface area contributed by atoms with Crippen molar-refractivity contribution in [3.8, 4) is 0 Å². The molecule has 0 saturated carbocycles. The number of carbonyl (C=O) groups excluding carboxylic acids is 1. The monoisotopic (exact) mass is 291 g/mol. The zero-order valence-electron chi connectivity index (χ0n) is 13.1. The van der Waals surface area contributed by atoms with Gasteiger partial charge >= 0.3 is 0 Å². The van der Waals surface area contributed by atoms with Gasteiger partial charge in [0.1, 0.15) is 0 Å². The van der Waals surface area contributed by atoms with Crippen molar-refractivity contribution in [2.45, 2.75) is 39.8 Å². The van der Waals surface area contributed by atoms with Gasteiger partial charge in [0, 0.05) is 17.7 Å². The average Bonchev–Trinajstić information content (AvgIpc) is 2.40. The molecule has 0 heterocycles. The average molecular weight is 291 g/mol. The summed E-state index contributed by atoms with van der Waals surface area (Å²) < 4.78 is 0. The molecule has 0 saturated heterocycles. The van der Waals surface area contributed by atoms with Crippen LogP contribution in [0.15, 0.2) is 24.8 Å². The number of aryl methyl sites for hydroxylation is 1. The number of amides is 1. The molecule has 0 aliphatic carbocycles. The highest BCUT2D eigenvalue weighted by Gasteiger charge is 2.09. The molecule has 0 fully saturated rings.